The third-order valence-corrected chi connectivity index (χ3v) is 2.99. The summed E-state index contributed by atoms with van der Waals surface area (Å²) in [5.74, 6) is -0.369. The predicted octanol–water partition coefficient (Wildman–Crippen LogP) is 0.529. The number of nitrogens with one attached hydrogen (secondary N) is 2. The van der Waals surface area contributed by atoms with Gasteiger partial charge in [0.2, 0.25) is 5.91 Å². The van der Waals surface area contributed by atoms with Crippen LogP contribution in [0.2, 0.25) is 0 Å². The van der Waals surface area contributed by atoms with Crippen LogP contribution in [0.4, 0.5) is 11.5 Å². The molecule has 1 aliphatic rings. The van der Waals surface area contributed by atoms with Crippen molar-refractivity contribution in [2.75, 3.05) is 18.2 Å². The Hall–Kier alpha value is -2.31. The number of amides is 1. The minimum absolute atomic E-state index is 0.114. The summed E-state index contributed by atoms with van der Waals surface area (Å²) in [6.07, 6.45) is 2.05. The molecule has 1 atom stereocenters. The number of nitrogens with two attached hydrogens (primary N) is 1. The summed E-state index contributed by atoms with van der Waals surface area (Å²) < 4.78 is 4.60. The maximum absolute atomic E-state index is 11.9. The van der Waals surface area contributed by atoms with Crippen LogP contribution in [0.15, 0.2) is 12.1 Å². The van der Waals surface area contributed by atoms with Crippen LogP contribution in [0.5, 0.6) is 0 Å². The molecule has 1 fully saturated rings. The number of aromatic nitrogens is 1. The summed E-state index contributed by atoms with van der Waals surface area (Å²) in [6, 6.07) is 2.82. The first-order valence-corrected chi connectivity index (χ1v) is 6.43. The Kier molecular flexibility index (Phi) is 4.07. The second-order valence-electron chi connectivity index (χ2n) is 4.77. The summed E-state index contributed by atoms with van der Waals surface area (Å²) in [6.45, 7) is 1.71. The first-order valence-electron chi connectivity index (χ1n) is 6.43. The molecule has 4 N–H and O–H groups in total. The van der Waals surface area contributed by atoms with Gasteiger partial charge >= 0.3 is 5.97 Å². The average molecular weight is 278 g/mol. The highest BCUT2D eigenvalue weighted by atomic mass is 16.5. The number of hydrogen-bond acceptors (Lipinski definition) is 6. The van der Waals surface area contributed by atoms with Gasteiger partial charge in [0.1, 0.15) is 6.04 Å². The van der Waals surface area contributed by atoms with Gasteiger partial charge in [0.15, 0.2) is 11.5 Å². The van der Waals surface area contributed by atoms with Crippen LogP contribution in [0.3, 0.4) is 0 Å². The third kappa shape index (κ3) is 3.37. The summed E-state index contributed by atoms with van der Waals surface area (Å²) in [7, 11) is 1.28. The minimum atomic E-state index is -0.553. The molecular formula is C13H18N4O3. The Morgan fingerprint density at radius 3 is 2.75 bits per heavy atom. The van der Waals surface area contributed by atoms with Crippen LogP contribution in [-0.2, 0) is 9.53 Å². The molecule has 0 aliphatic heterocycles. The Morgan fingerprint density at radius 2 is 2.15 bits per heavy atom. The van der Waals surface area contributed by atoms with Crippen molar-refractivity contribution >= 4 is 23.4 Å². The fraction of sp³-hybridized carbons (Fsp3) is 0.462. The number of hydrogen-bond donors (Lipinski definition) is 3. The van der Waals surface area contributed by atoms with Gasteiger partial charge in [-0.2, -0.15) is 0 Å². The van der Waals surface area contributed by atoms with E-state index in [0.29, 0.717) is 17.5 Å². The van der Waals surface area contributed by atoms with E-state index in [1.165, 1.54) is 13.2 Å². The van der Waals surface area contributed by atoms with Crippen molar-refractivity contribution in [3.8, 4) is 0 Å². The SMILES string of the molecule is COC(=O)c1ccc(N)c(NC(C)C(=O)NC2CC2)n1. The topological polar surface area (TPSA) is 106 Å². The summed E-state index contributed by atoms with van der Waals surface area (Å²) in [5, 5.41) is 5.79. The molecule has 1 aromatic heterocycles. The maximum atomic E-state index is 11.9. The number of methoxy groups -OCH3 is 1. The van der Waals surface area contributed by atoms with Gasteiger partial charge in [-0.3, -0.25) is 4.79 Å². The first-order chi connectivity index (χ1) is 9.51. The van der Waals surface area contributed by atoms with E-state index in [0.717, 1.165) is 12.8 Å². The van der Waals surface area contributed by atoms with Crippen molar-refractivity contribution in [2.24, 2.45) is 0 Å². The van der Waals surface area contributed by atoms with E-state index in [-0.39, 0.29) is 11.6 Å². The van der Waals surface area contributed by atoms with Crippen molar-refractivity contribution in [1.29, 1.82) is 0 Å². The monoisotopic (exact) mass is 278 g/mol. The number of rotatable bonds is 5. The van der Waals surface area contributed by atoms with Crippen LogP contribution < -0.4 is 16.4 Å². The van der Waals surface area contributed by atoms with Crippen molar-refractivity contribution in [2.45, 2.75) is 31.8 Å². The predicted molar refractivity (Wildman–Crippen MR) is 74.2 cm³/mol. The van der Waals surface area contributed by atoms with E-state index in [4.69, 9.17) is 5.73 Å². The van der Waals surface area contributed by atoms with Crippen LogP contribution >= 0.6 is 0 Å². The van der Waals surface area contributed by atoms with Crippen LogP contribution in [0, 0.1) is 0 Å². The Balaban J connectivity index is 2.06. The van der Waals surface area contributed by atoms with Gasteiger partial charge in [0, 0.05) is 6.04 Å². The second-order valence-corrected chi connectivity index (χ2v) is 4.77. The lowest BCUT2D eigenvalue weighted by molar-refractivity contribution is -0.121. The van der Waals surface area contributed by atoms with Gasteiger partial charge in [-0.1, -0.05) is 0 Å². The zero-order valence-corrected chi connectivity index (χ0v) is 11.5. The van der Waals surface area contributed by atoms with E-state index in [9.17, 15) is 9.59 Å². The molecule has 1 aliphatic carbocycles. The largest absolute Gasteiger partial charge is 0.464 e. The molecule has 0 spiro atoms. The van der Waals surface area contributed by atoms with Crippen LogP contribution in [-0.4, -0.2) is 36.1 Å². The summed E-state index contributed by atoms with van der Waals surface area (Å²) in [4.78, 5) is 27.3. The third-order valence-electron chi connectivity index (χ3n) is 2.99. The van der Waals surface area contributed by atoms with Crippen molar-refractivity contribution < 1.29 is 14.3 Å². The minimum Gasteiger partial charge on any atom is -0.464 e. The molecule has 20 heavy (non-hydrogen) atoms. The molecule has 0 radical (unpaired) electrons. The molecular weight excluding hydrogens is 260 g/mol. The molecule has 1 amide bonds. The van der Waals surface area contributed by atoms with Crippen LogP contribution in [0.25, 0.3) is 0 Å². The number of nitrogen functional groups attached to an aromatic ring is 1. The highest BCUT2D eigenvalue weighted by Crippen LogP contribution is 2.20. The smallest absolute Gasteiger partial charge is 0.356 e. The number of nitrogens with zero attached hydrogens (tertiary/aromatic N) is 1. The number of esters is 1. The van der Waals surface area contributed by atoms with Crippen molar-refractivity contribution in [1.82, 2.24) is 10.3 Å². The average Bonchev–Trinajstić information content (AvgIpc) is 3.24. The van der Waals surface area contributed by atoms with E-state index in [1.807, 2.05) is 0 Å². The molecule has 7 heteroatoms. The molecule has 2 rings (SSSR count). The van der Waals surface area contributed by atoms with Gasteiger partial charge in [-0.15, -0.1) is 0 Å². The second kappa shape index (κ2) is 5.77. The molecule has 7 nitrogen and oxygen atoms in total. The van der Waals surface area contributed by atoms with E-state index >= 15 is 0 Å². The normalized spacial score (nSPS) is 15.3. The Labute approximate surface area is 116 Å². The Bertz CT molecular complexity index is 528. The fourth-order valence-electron chi connectivity index (χ4n) is 1.63. The zero-order chi connectivity index (χ0) is 14.7. The van der Waals surface area contributed by atoms with Gasteiger partial charge in [-0.25, -0.2) is 9.78 Å². The van der Waals surface area contributed by atoms with E-state index in [1.54, 1.807) is 13.0 Å². The highest BCUT2D eigenvalue weighted by molar-refractivity contribution is 5.89. The number of anilines is 2. The standard InChI is InChI=1S/C13H18N4O3/c1-7(12(18)16-8-3-4-8)15-11-9(14)5-6-10(17-11)13(19)20-2/h5-8H,3-4,14H2,1-2H3,(H,15,17)(H,16,18). The zero-order valence-electron chi connectivity index (χ0n) is 11.5. The van der Waals surface area contributed by atoms with Crippen molar-refractivity contribution in [3.05, 3.63) is 17.8 Å². The molecule has 0 aromatic carbocycles. The van der Waals surface area contributed by atoms with Gasteiger partial charge in [0.25, 0.3) is 0 Å². The Morgan fingerprint density at radius 1 is 1.45 bits per heavy atom. The van der Waals surface area contributed by atoms with E-state index in [2.05, 4.69) is 20.4 Å². The highest BCUT2D eigenvalue weighted by Gasteiger charge is 2.26. The summed E-state index contributed by atoms with van der Waals surface area (Å²) in [5.41, 5.74) is 6.29. The number of ether oxygens (including phenoxy) is 1. The molecule has 0 saturated heterocycles. The van der Waals surface area contributed by atoms with E-state index < -0.39 is 12.0 Å². The molecule has 108 valence electrons. The lowest BCUT2D eigenvalue weighted by Crippen LogP contribution is -2.39. The first kappa shape index (κ1) is 14.1. The van der Waals surface area contributed by atoms with Gasteiger partial charge in [0.05, 0.1) is 12.8 Å². The lowest BCUT2D eigenvalue weighted by Gasteiger charge is -2.16. The molecule has 1 unspecified atom stereocenters. The number of carbonyl (C=O) groups is 2. The lowest BCUT2D eigenvalue weighted by atomic mass is 10.2. The number of pyridine rings is 1. The molecule has 0 bridgehead atoms. The fourth-order valence-corrected chi connectivity index (χ4v) is 1.63. The molecule has 1 heterocycles. The summed E-state index contributed by atoms with van der Waals surface area (Å²) >= 11 is 0. The quantitative estimate of drug-likeness (QED) is 0.678. The maximum Gasteiger partial charge on any atom is 0.356 e. The van der Waals surface area contributed by atoms with Crippen LogP contribution in [0.1, 0.15) is 30.3 Å². The molecule has 1 aromatic rings. The van der Waals surface area contributed by atoms with Crippen molar-refractivity contribution in [3.63, 3.8) is 0 Å². The number of carbonyl (C=O) groups excluding carboxylic acids is 2. The van der Waals surface area contributed by atoms with Gasteiger partial charge < -0.3 is 21.1 Å². The van der Waals surface area contributed by atoms with Gasteiger partial charge in [-0.05, 0) is 31.9 Å². The molecule has 1 saturated carbocycles.